The Balaban J connectivity index is 2.13. The molecule has 0 radical (unpaired) electrons. The van der Waals surface area contributed by atoms with Crippen molar-refractivity contribution >= 4 is 43.2 Å². The van der Waals surface area contributed by atoms with E-state index in [2.05, 4.69) is 26.0 Å². The van der Waals surface area contributed by atoms with Gasteiger partial charge in [-0.25, -0.2) is 13.1 Å². The van der Waals surface area contributed by atoms with Gasteiger partial charge in [0.2, 0.25) is 15.9 Å². The zero-order valence-corrected chi connectivity index (χ0v) is 17.1. The quantitative estimate of drug-likeness (QED) is 0.576. The molecule has 1 aromatic heterocycles. The van der Waals surface area contributed by atoms with Crippen molar-refractivity contribution in [2.75, 3.05) is 6.54 Å². The predicted molar refractivity (Wildman–Crippen MR) is 104 cm³/mol. The Labute approximate surface area is 161 Å². The van der Waals surface area contributed by atoms with Gasteiger partial charge >= 0.3 is 0 Å². The zero-order chi connectivity index (χ0) is 18.3. The van der Waals surface area contributed by atoms with Crippen molar-refractivity contribution in [1.29, 1.82) is 0 Å². The number of amides is 1. The fourth-order valence-corrected chi connectivity index (χ4v) is 4.55. The normalized spacial score (nSPS) is 12.7. The maximum atomic E-state index is 12.6. The molecule has 2 N–H and O–H groups in total. The van der Waals surface area contributed by atoms with E-state index >= 15 is 0 Å². The van der Waals surface area contributed by atoms with Crippen LogP contribution in [0.3, 0.4) is 0 Å². The van der Waals surface area contributed by atoms with E-state index in [1.54, 1.807) is 12.1 Å². The predicted octanol–water partition coefficient (Wildman–Crippen LogP) is 3.84. The van der Waals surface area contributed by atoms with Crippen LogP contribution in [0.1, 0.15) is 37.1 Å². The van der Waals surface area contributed by atoms with Gasteiger partial charge in [-0.15, -0.1) is 11.3 Å². The topological polar surface area (TPSA) is 75.3 Å². The molecule has 1 heterocycles. The number of benzene rings is 1. The van der Waals surface area contributed by atoms with Crippen molar-refractivity contribution in [3.8, 4) is 0 Å². The van der Waals surface area contributed by atoms with E-state index in [0.29, 0.717) is 6.54 Å². The van der Waals surface area contributed by atoms with Crippen LogP contribution in [-0.2, 0) is 14.8 Å². The van der Waals surface area contributed by atoms with E-state index in [4.69, 9.17) is 0 Å². The number of rotatable bonds is 9. The van der Waals surface area contributed by atoms with E-state index < -0.39 is 16.1 Å². The molecule has 0 spiro atoms. The first kappa shape index (κ1) is 20.1. The van der Waals surface area contributed by atoms with E-state index in [9.17, 15) is 13.2 Å². The molecule has 1 amide bonds. The van der Waals surface area contributed by atoms with Gasteiger partial charge in [0.25, 0.3) is 0 Å². The summed E-state index contributed by atoms with van der Waals surface area (Å²) in [5.74, 6) is -0.162. The lowest BCUT2D eigenvalue weighted by Crippen LogP contribution is -2.33. The van der Waals surface area contributed by atoms with Crippen molar-refractivity contribution in [1.82, 2.24) is 10.0 Å². The Hall–Kier alpha value is -1.22. The molecule has 0 saturated heterocycles. The van der Waals surface area contributed by atoms with Crippen LogP contribution in [-0.4, -0.2) is 20.9 Å². The third-order valence-electron chi connectivity index (χ3n) is 3.55. The van der Waals surface area contributed by atoms with Crippen LogP contribution in [0.4, 0.5) is 0 Å². The minimum Gasteiger partial charge on any atom is -0.356 e. The second kappa shape index (κ2) is 9.47. The lowest BCUT2D eigenvalue weighted by atomic mass is 10.2. The molecule has 2 rings (SSSR count). The van der Waals surface area contributed by atoms with E-state index in [1.807, 2.05) is 24.4 Å². The van der Waals surface area contributed by atoms with Crippen molar-refractivity contribution in [2.45, 2.75) is 37.1 Å². The maximum absolute atomic E-state index is 12.6. The van der Waals surface area contributed by atoms with E-state index in [1.165, 1.54) is 23.5 Å². The minimum absolute atomic E-state index is 0.0694. The maximum Gasteiger partial charge on any atom is 0.241 e. The molecule has 0 aliphatic heterocycles. The van der Waals surface area contributed by atoms with Crippen LogP contribution in [0.5, 0.6) is 0 Å². The first-order chi connectivity index (χ1) is 11.9. The molecule has 1 aromatic carbocycles. The smallest absolute Gasteiger partial charge is 0.241 e. The summed E-state index contributed by atoms with van der Waals surface area (Å²) in [5.41, 5.74) is 0. The average Bonchev–Trinajstić information content (AvgIpc) is 3.09. The number of thiophene rings is 1. The molecule has 0 aliphatic carbocycles. The molecule has 25 heavy (non-hydrogen) atoms. The molecular weight excluding hydrogens is 424 g/mol. The highest BCUT2D eigenvalue weighted by Gasteiger charge is 2.24. The van der Waals surface area contributed by atoms with Gasteiger partial charge in [-0.2, -0.15) is 0 Å². The summed E-state index contributed by atoms with van der Waals surface area (Å²) in [6.45, 7) is 2.65. The third kappa shape index (κ3) is 6.22. The molecule has 0 unspecified atom stereocenters. The SMILES string of the molecule is CCCCNC(=O)C[C@H](NS(=O)(=O)c1ccc(Br)cc1)c1cccs1. The summed E-state index contributed by atoms with van der Waals surface area (Å²) < 4.78 is 28.7. The highest BCUT2D eigenvalue weighted by molar-refractivity contribution is 9.10. The molecule has 0 fully saturated rings. The fraction of sp³-hybridized carbons (Fsp3) is 0.353. The monoisotopic (exact) mass is 444 g/mol. The fourth-order valence-electron chi connectivity index (χ4n) is 2.22. The summed E-state index contributed by atoms with van der Waals surface area (Å²) in [7, 11) is -3.72. The highest BCUT2D eigenvalue weighted by atomic mass is 79.9. The number of carbonyl (C=O) groups is 1. The molecule has 0 saturated carbocycles. The summed E-state index contributed by atoms with van der Waals surface area (Å²) in [6.07, 6.45) is 1.96. The Kier molecular flexibility index (Phi) is 7.61. The first-order valence-electron chi connectivity index (χ1n) is 8.00. The Morgan fingerprint density at radius 3 is 2.56 bits per heavy atom. The number of sulfonamides is 1. The number of nitrogens with one attached hydrogen (secondary N) is 2. The van der Waals surface area contributed by atoms with E-state index in [0.717, 1.165) is 22.2 Å². The van der Waals surface area contributed by atoms with Gasteiger partial charge in [0.1, 0.15) is 0 Å². The van der Waals surface area contributed by atoms with Crippen molar-refractivity contribution in [2.24, 2.45) is 0 Å². The molecule has 0 aliphatic rings. The van der Waals surface area contributed by atoms with Crippen LogP contribution >= 0.6 is 27.3 Å². The largest absolute Gasteiger partial charge is 0.356 e. The lowest BCUT2D eigenvalue weighted by molar-refractivity contribution is -0.121. The minimum atomic E-state index is -3.72. The van der Waals surface area contributed by atoms with Crippen molar-refractivity contribution < 1.29 is 13.2 Å². The molecule has 0 bridgehead atoms. The molecule has 1 atom stereocenters. The first-order valence-corrected chi connectivity index (χ1v) is 11.2. The Morgan fingerprint density at radius 2 is 1.96 bits per heavy atom. The number of carbonyl (C=O) groups excluding carboxylic acids is 1. The van der Waals surface area contributed by atoms with Gasteiger partial charge in [0, 0.05) is 22.3 Å². The van der Waals surface area contributed by atoms with E-state index in [-0.39, 0.29) is 17.2 Å². The lowest BCUT2D eigenvalue weighted by Gasteiger charge is -2.17. The van der Waals surface area contributed by atoms with Crippen LogP contribution in [0.2, 0.25) is 0 Å². The number of hydrogen-bond donors (Lipinski definition) is 2. The summed E-state index contributed by atoms with van der Waals surface area (Å²) >= 11 is 4.72. The summed E-state index contributed by atoms with van der Waals surface area (Å²) in [5, 5.41) is 4.70. The number of hydrogen-bond acceptors (Lipinski definition) is 4. The molecule has 8 heteroatoms. The van der Waals surface area contributed by atoms with Crippen LogP contribution in [0.15, 0.2) is 51.1 Å². The Morgan fingerprint density at radius 1 is 1.24 bits per heavy atom. The molecule has 5 nitrogen and oxygen atoms in total. The second-order valence-corrected chi connectivity index (χ2v) is 9.16. The number of unbranched alkanes of at least 4 members (excludes halogenated alkanes) is 1. The standard InChI is InChI=1S/C17H21BrN2O3S2/c1-2-3-10-19-17(21)12-15(16-5-4-11-24-16)20-25(22,23)14-8-6-13(18)7-9-14/h4-9,11,15,20H,2-3,10,12H2,1H3,(H,19,21)/t15-/m0/s1. The molecule has 136 valence electrons. The third-order valence-corrected chi connectivity index (χ3v) is 6.55. The zero-order valence-electron chi connectivity index (χ0n) is 13.9. The van der Waals surface area contributed by atoms with Gasteiger partial charge in [-0.1, -0.05) is 35.3 Å². The molecular formula is C17H21BrN2O3S2. The van der Waals surface area contributed by atoms with Crippen molar-refractivity contribution in [3.63, 3.8) is 0 Å². The van der Waals surface area contributed by atoms with Gasteiger partial charge < -0.3 is 5.32 Å². The van der Waals surface area contributed by atoms with Crippen LogP contribution in [0, 0.1) is 0 Å². The highest BCUT2D eigenvalue weighted by Crippen LogP contribution is 2.25. The average molecular weight is 445 g/mol. The van der Waals surface area contributed by atoms with Gasteiger partial charge in [0.15, 0.2) is 0 Å². The second-order valence-electron chi connectivity index (χ2n) is 5.55. The van der Waals surface area contributed by atoms with Gasteiger partial charge in [-0.05, 0) is 42.1 Å². The van der Waals surface area contributed by atoms with Gasteiger partial charge in [0.05, 0.1) is 10.9 Å². The number of halogens is 1. The summed E-state index contributed by atoms with van der Waals surface area (Å²) in [6, 6.07) is 9.49. The van der Waals surface area contributed by atoms with Crippen LogP contribution < -0.4 is 10.0 Å². The Bertz CT molecular complexity index is 775. The van der Waals surface area contributed by atoms with Gasteiger partial charge in [-0.3, -0.25) is 4.79 Å². The van der Waals surface area contributed by atoms with Crippen LogP contribution in [0.25, 0.3) is 0 Å². The van der Waals surface area contributed by atoms with Crippen molar-refractivity contribution in [3.05, 3.63) is 51.1 Å². The summed E-state index contributed by atoms with van der Waals surface area (Å²) in [4.78, 5) is 13.1. The molecule has 2 aromatic rings.